The lowest BCUT2D eigenvalue weighted by Gasteiger charge is -2.48. The molecule has 0 radical (unpaired) electrons. The summed E-state index contributed by atoms with van der Waals surface area (Å²) in [5.74, 6) is -3.41. The molecule has 0 saturated carbocycles. The van der Waals surface area contributed by atoms with E-state index in [-0.39, 0.29) is 65.1 Å². The highest BCUT2D eigenvalue weighted by Gasteiger charge is 2.48. The number of benzene rings is 3. The first-order chi connectivity index (χ1) is 29.2. The molecule has 1 fully saturated rings. The molecule has 4 rings (SSSR count). The molecule has 0 bridgehead atoms. The van der Waals surface area contributed by atoms with E-state index in [2.05, 4.69) is 5.32 Å². The molecular formula is C42H53F2N3O14. The fourth-order valence-corrected chi connectivity index (χ4v) is 6.41. The van der Waals surface area contributed by atoms with E-state index in [1.165, 1.54) is 48.5 Å². The van der Waals surface area contributed by atoms with Crippen molar-refractivity contribution in [1.29, 1.82) is 0 Å². The maximum Gasteiger partial charge on any atom is 0.272 e. The number of Topliss-reactive ketones (excluding diaryl/α,β-unsaturated/α-hetero) is 1. The number of aliphatic hydroxyl groups excluding tert-OH is 6. The number of ketones is 1. The van der Waals surface area contributed by atoms with E-state index in [0.717, 1.165) is 16.2 Å². The normalized spacial score (nSPS) is 17.5. The number of carbonyl (C=O) groups excluding carboxylic acids is 4. The first-order valence-electron chi connectivity index (χ1n) is 19.7. The van der Waals surface area contributed by atoms with Crippen molar-refractivity contribution >= 4 is 29.2 Å². The molecule has 1 aliphatic heterocycles. The number of nitrogens with zero attached hydrogens (tertiary/aromatic N) is 2. The zero-order valence-electron chi connectivity index (χ0n) is 33.6. The van der Waals surface area contributed by atoms with Gasteiger partial charge in [-0.3, -0.25) is 24.0 Å². The molecule has 3 aromatic carbocycles. The highest BCUT2D eigenvalue weighted by atomic mass is 19.1. The zero-order chi connectivity index (χ0) is 44.5. The monoisotopic (exact) mass is 861 g/mol. The Kier molecular flexibility index (Phi) is 19.7. The standard InChI is InChI=1S/C42H53F2N3O14/c1-2-46(61-20-19-58-23-35(51)40(55)41(56)39(54)34(50)22-48)37(53)25-60-18-17-59-24-36(52)45-21-26-3-5-28(6-4-26)38-32(15-16-33(49)27-7-9-29(43)10-8-27)42(57)47(38)31-13-11-30(44)12-14-31/h3-14,32-34,38-41,48-50,54-56H,2,15-25H2,1H3,(H,45,52). The lowest BCUT2D eigenvalue weighted by Crippen LogP contribution is -2.55. The van der Waals surface area contributed by atoms with E-state index < -0.39 is 84.9 Å². The number of likely N-dealkylation sites (N-methyl/N-ethyl adjacent to an activating group) is 1. The van der Waals surface area contributed by atoms with Crippen LogP contribution < -0.4 is 10.2 Å². The maximum atomic E-state index is 13.7. The molecule has 61 heavy (non-hydrogen) atoms. The van der Waals surface area contributed by atoms with Crippen molar-refractivity contribution in [2.24, 2.45) is 5.92 Å². The van der Waals surface area contributed by atoms with Gasteiger partial charge in [0.25, 0.3) is 5.91 Å². The Bertz CT molecular complexity index is 1840. The number of ether oxygens (including phenoxy) is 3. The minimum Gasteiger partial charge on any atom is -0.394 e. The molecule has 0 spiro atoms. The Morgan fingerprint density at radius 2 is 1.38 bits per heavy atom. The second-order valence-electron chi connectivity index (χ2n) is 14.1. The number of nitrogens with one attached hydrogen (secondary N) is 1. The van der Waals surface area contributed by atoms with Crippen LogP contribution in [-0.2, 0) is 44.8 Å². The Labute approximate surface area is 351 Å². The first kappa shape index (κ1) is 48.9. The van der Waals surface area contributed by atoms with Gasteiger partial charge in [0.05, 0.1) is 51.1 Å². The van der Waals surface area contributed by atoms with Crippen LogP contribution in [0.5, 0.6) is 0 Å². The van der Waals surface area contributed by atoms with E-state index in [1.54, 1.807) is 11.8 Å². The van der Waals surface area contributed by atoms with E-state index >= 15 is 0 Å². The fourth-order valence-electron chi connectivity index (χ4n) is 6.41. The minimum absolute atomic E-state index is 0.00748. The van der Waals surface area contributed by atoms with Crippen molar-refractivity contribution in [1.82, 2.24) is 10.4 Å². The van der Waals surface area contributed by atoms with Gasteiger partial charge in [-0.15, -0.1) is 0 Å². The summed E-state index contributed by atoms with van der Waals surface area (Å²) in [4.78, 5) is 57.1. The predicted molar refractivity (Wildman–Crippen MR) is 211 cm³/mol. The third-order valence-electron chi connectivity index (χ3n) is 9.84. The van der Waals surface area contributed by atoms with Gasteiger partial charge in [0.1, 0.15) is 55.9 Å². The molecule has 1 saturated heterocycles. The van der Waals surface area contributed by atoms with E-state index in [0.29, 0.717) is 17.7 Å². The van der Waals surface area contributed by atoms with E-state index in [9.17, 15) is 53.5 Å². The van der Waals surface area contributed by atoms with Crippen molar-refractivity contribution in [2.75, 3.05) is 64.3 Å². The molecule has 19 heteroatoms. The van der Waals surface area contributed by atoms with Gasteiger partial charge in [-0.1, -0.05) is 36.4 Å². The molecule has 1 heterocycles. The molecule has 334 valence electrons. The smallest absolute Gasteiger partial charge is 0.272 e. The number of carbonyl (C=O) groups is 4. The minimum atomic E-state index is -2.08. The summed E-state index contributed by atoms with van der Waals surface area (Å²) in [5, 5.41) is 61.9. The third kappa shape index (κ3) is 14.4. The number of hydrogen-bond acceptors (Lipinski definition) is 14. The van der Waals surface area contributed by atoms with Gasteiger partial charge >= 0.3 is 0 Å². The maximum absolute atomic E-state index is 13.7. The van der Waals surface area contributed by atoms with Crippen LogP contribution in [0.2, 0.25) is 0 Å². The molecule has 0 aliphatic carbocycles. The summed E-state index contributed by atoms with van der Waals surface area (Å²) in [6, 6.07) is 18.1. The fraction of sp³-hybridized carbons (Fsp3) is 0.476. The summed E-state index contributed by atoms with van der Waals surface area (Å²) in [6.45, 7) is -0.559. The van der Waals surface area contributed by atoms with Crippen LogP contribution in [0.4, 0.5) is 14.5 Å². The highest BCUT2D eigenvalue weighted by molar-refractivity contribution is 6.03. The number of β-lactam (4-membered cyclic amide) rings is 1. The Morgan fingerprint density at radius 1 is 0.787 bits per heavy atom. The van der Waals surface area contributed by atoms with Crippen molar-refractivity contribution in [3.8, 4) is 0 Å². The summed E-state index contributed by atoms with van der Waals surface area (Å²) >= 11 is 0. The Morgan fingerprint density at radius 3 is 2.00 bits per heavy atom. The van der Waals surface area contributed by atoms with Crippen LogP contribution in [0.25, 0.3) is 0 Å². The lowest BCUT2D eigenvalue weighted by molar-refractivity contribution is -0.194. The topological polar surface area (TPSA) is 245 Å². The molecular weight excluding hydrogens is 808 g/mol. The van der Waals surface area contributed by atoms with Crippen LogP contribution in [0.15, 0.2) is 72.8 Å². The summed E-state index contributed by atoms with van der Waals surface area (Å²) < 4.78 is 42.8. The van der Waals surface area contributed by atoms with Crippen LogP contribution in [0, 0.1) is 17.6 Å². The van der Waals surface area contributed by atoms with E-state index in [1.807, 2.05) is 24.3 Å². The predicted octanol–water partition coefficient (Wildman–Crippen LogP) is 0.634. The van der Waals surface area contributed by atoms with Crippen LogP contribution in [0.3, 0.4) is 0 Å². The molecule has 17 nitrogen and oxygen atoms in total. The number of halogens is 2. The van der Waals surface area contributed by atoms with Gasteiger partial charge in [0, 0.05) is 18.8 Å². The molecule has 0 aromatic heterocycles. The number of anilines is 1. The number of hydroxylamine groups is 2. The Hall–Kier alpha value is -4.80. The molecule has 7 unspecified atom stereocenters. The molecule has 3 amide bonds. The van der Waals surface area contributed by atoms with Crippen LogP contribution in [0.1, 0.15) is 48.6 Å². The van der Waals surface area contributed by atoms with Crippen LogP contribution >= 0.6 is 0 Å². The number of aliphatic hydroxyl groups is 6. The van der Waals surface area contributed by atoms with Crippen molar-refractivity contribution < 1.29 is 77.6 Å². The summed E-state index contributed by atoms with van der Waals surface area (Å²) in [6.07, 6.45) is -8.12. The number of rotatable bonds is 27. The second kappa shape index (κ2) is 24.6. The van der Waals surface area contributed by atoms with E-state index in [4.69, 9.17) is 24.2 Å². The average molecular weight is 862 g/mol. The van der Waals surface area contributed by atoms with Crippen molar-refractivity contribution in [3.05, 3.63) is 101 Å². The first-order valence-corrected chi connectivity index (χ1v) is 19.7. The number of amides is 3. The summed E-state index contributed by atoms with van der Waals surface area (Å²) in [7, 11) is 0. The van der Waals surface area contributed by atoms with Gasteiger partial charge in [0.15, 0.2) is 5.78 Å². The average Bonchev–Trinajstić information content (AvgIpc) is 3.26. The zero-order valence-corrected chi connectivity index (χ0v) is 33.6. The quantitative estimate of drug-likeness (QED) is 0.0316. The largest absolute Gasteiger partial charge is 0.394 e. The van der Waals surface area contributed by atoms with Gasteiger partial charge in [-0.25, -0.2) is 13.8 Å². The lowest BCUT2D eigenvalue weighted by atomic mass is 9.78. The molecule has 7 N–H and O–H groups in total. The molecule has 3 aromatic rings. The SMILES string of the molecule is CCN(OCCOCC(=O)C(O)C(O)C(O)C(O)CO)C(=O)COCCOCC(=O)NCc1ccc(C2C(CCC(O)c3ccc(F)cc3)C(=O)N2c2ccc(F)cc2)cc1. The number of hydrogen-bond donors (Lipinski definition) is 7. The van der Waals surface area contributed by atoms with Crippen molar-refractivity contribution in [3.63, 3.8) is 0 Å². The Balaban J connectivity index is 1.13. The third-order valence-corrected chi connectivity index (χ3v) is 9.84. The van der Waals surface area contributed by atoms with Gasteiger partial charge in [-0.05, 0) is 72.9 Å². The summed E-state index contributed by atoms with van der Waals surface area (Å²) in [5.41, 5.74) is 2.66. The van der Waals surface area contributed by atoms with Gasteiger partial charge in [-0.2, -0.15) is 0 Å². The second-order valence-corrected chi connectivity index (χ2v) is 14.1. The van der Waals surface area contributed by atoms with Gasteiger partial charge < -0.3 is 55.1 Å². The van der Waals surface area contributed by atoms with Crippen molar-refractivity contribution in [2.45, 2.75) is 62.9 Å². The molecule has 1 aliphatic rings. The van der Waals surface area contributed by atoms with Gasteiger partial charge in [0.2, 0.25) is 11.8 Å². The van der Waals surface area contributed by atoms with Crippen LogP contribution in [-0.4, -0.2) is 143 Å². The highest BCUT2D eigenvalue weighted by Crippen LogP contribution is 2.46. The molecule has 7 atom stereocenters.